The highest BCUT2D eigenvalue weighted by Gasteiger charge is 2.49. The van der Waals surface area contributed by atoms with Gasteiger partial charge in [-0.15, -0.1) is 0 Å². The molecule has 15 heteroatoms. The summed E-state index contributed by atoms with van der Waals surface area (Å²) in [4.78, 5) is 43.0. The Morgan fingerprint density at radius 2 is 2.00 bits per heavy atom. The van der Waals surface area contributed by atoms with Crippen LogP contribution in [0.15, 0.2) is 21.9 Å². The number of thiol groups is 1. The molecule has 0 amide bonds. The number of methoxy groups -OCH3 is 1. The first-order valence-corrected chi connectivity index (χ1v) is 11.9. The van der Waals surface area contributed by atoms with Gasteiger partial charge in [0.1, 0.15) is 18.3 Å². The van der Waals surface area contributed by atoms with Gasteiger partial charge in [-0.3, -0.25) is 23.4 Å². The molecule has 0 aliphatic carbocycles. The fraction of sp³-hybridized carbons (Fsp3) is 0.636. The molecule has 0 spiro atoms. The fourth-order valence-corrected chi connectivity index (χ4v) is 3.84. The van der Waals surface area contributed by atoms with Crippen LogP contribution in [0, 0.1) is 0 Å². The van der Waals surface area contributed by atoms with Gasteiger partial charge in [0.2, 0.25) is 0 Å². The van der Waals surface area contributed by atoms with E-state index in [0.717, 1.165) is 16.8 Å². The van der Waals surface area contributed by atoms with E-state index < -0.39 is 56.8 Å². The maximum Gasteiger partial charge on any atom is 0.469 e. The number of rotatable bonds is 7. The van der Waals surface area contributed by atoms with E-state index in [-0.39, 0.29) is 0 Å². The van der Waals surface area contributed by atoms with E-state index in [1.54, 1.807) is 0 Å². The molecule has 5 atom stereocenters. The first-order chi connectivity index (χ1) is 11.9. The summed E-state index contributed by atoms with van der Waals surface area (Å²) in [7, 11) is -3.54. The van der Waals surface area contributed by atoms with Gasteiger partial charge in [0.15, 0.2) is 6.23 Å². The van der Waals surface area contributed by atoms with Gasteiger partial charge in [0.25, 0.3) is 12.1 Å². The molecule has 0 aromatic carbocycles. The highest BCUT2D eigenvalue weighted by Crippen LogP contribution is 2.52. The van der Waals surface area contributed by atoms with Crippen molar-refractivity contribution in [2.75, 3.05) is 20.4 Å². The van der Waals surface area contributed by atoms with Crippen molar-refractivity contribution in [3.8, 4) is 0 Å². The molecule has 5 unspecified atom stereocenters. The Labute approximate surface area is 152 Å². The molecule has 0 radical (unpaired) electrons. The minimum absolute atomic E-state index is 0.624. The second-order valence-electron chi connectivity index (χ2n) is 5.44. The van der Waals surface area contributed by atoms with Crippen LogP contribution in [0.3, 0.4) is 0 Å². The number of aromatic nitrogens is 2. The average molecular weight is 432 g/mol. The van der Waals surface area contributed by atoms with Crippen LogP contribution in [0.4, 0.5) is 0 Å². The molecule has 1 saturated heterocycles. The normalized spacial score (nSPS) is 28.8. The number of phosphoric acid groups is 1. The number of ether oxygens (including phenoxy) is 2. The monoisotopic (exact) mass is 432 g/mol. The van der Waals surface area contributed by atoms with Crippen molar-refractivity contribution in [3.63, 3.8) is 0 Å². The largest absolute Gasteiger partial charge is 0.469 e. The van der Waals surface area contributed by atoms with Crippen molar-refractivity contribution in [2.24, 2.45) is 0 Å². The molecule has 2 heterocycles. The van der Waals surface area contributed by atoms with E-state index in [1.165, 1.54) is 13.8 Å². The summed E-state index contributed by atoms with van der Waals surface area (Å²) in [6.07, 6.45) is -3.25. The molecule has 1 fully saturated rings. The van der Waals surface area contributed by atoms with E-state index >= 15 is 0 Å². The van der Waals surface area contributed by atoms with Crippen molar-refractivity contribution in [1.82, 2.24) is 9.55 Å². The molecule has 3 N–H and O–H groups in total. The van der Waals surface area contributed by atoms with Crippen LogP contribution >= 0.6 is 26.6 Å². The molecule has 26 heavy (non-hydrogen) atoms. The predicted octanol–water partition coefficient (Wildman–Crippen LogP) is -0.304. The van der Waals surface area contributed by atoms with E-state index in [2.05, 4.69) is 16.8 Å². The first-order valence-electron chi connectivity index (χ1n) is 7.10. The van der Waals surface area contributed by atoms with Crippen molar-refractivity contribution in [1.29, 1.82) is 0 Å². The van der Waals surface area contributed by atoms with Crippen LogP contribution < -0.4 is 11.2 Å². The highest BCUT2D eigenvalue weighted by molar-refractivity contribution is 8.46. The van der Waals surface area contributed by atoms with Gasteiger partial charge < -0.3 is 23.8 Å². The number of H-pyrrole nitrogens is 1. The zero-order chi connectivity index (χ0) is 19.7. The third kappa shape index (κ3) is 5.62. The average Bonchev–Trinajstić information content (AvgIpc) is 2.80. The quantitative estimate of drug-likeness (QED) is 0.332. The topological polar surface area (TPSA) is 166 Å². The van der Waals surface area contributed by atoms with Gasteiger partial charge in [-0.1, -0.05) is 12.2 Å². The molecular formula is C11H18N2O10P2S. The third-order valence-corrected chi connectivity index (χ3v) is 4.81. The molecule has 0 saturated carbocycles. The summed E-state index contributed by atoms with van der Waals surface area (Å²) in [5.74, 6) is 0. The fourth-order valence-electron chi connectivity index (χ4n) is 2.47. The minimum Gasteiger partial charge on any atom is -0.374 e. The Morgan fingerprint density at radius 1 is 1.35 bits per heavy atom. The van der Waals surface area contributed by atoms with E-state index in [1.807, 2.05) is 4.98 Å². The molecule has 1 aliphatic heterocycles. The van der Waals surface area contributed by atoms with Crippen molar-refractivity contribution in [2.45, 2.75) is 24.5 Å². The van der Waals surface area contributed by atoms with Gasteiger partial charge in [0.05, 0.1) is 6.61 Å². The zero-order valence-electron chi connectivity index (χ0n) is 13.6. The van der Waals surface area contributed by atoms with Crippen LogP contribution in [0.5, 0.6) is 0 Å². The Balaban J connectivity index is 2.37. The van der Waals surface area contributed by atoms with Gasteiger partial charge in [-0.2, -0.15) is 0 Å². The van der Waals surface area contributed by atoms with Crippen LogP contribution in [0.25, 0.3) is 0 Å². The van der Waals surface area contributed by atoms with Gasteiger partial charge in [-0.25, -0.2) is 9.36 Å². The summed E-state index contributed by atoms with van der Waals surface area (Å²) >= 11 is 3.84. The summed E-state index contributed by atoms with van der Waals surface area (Å²) in [5, 5.41) is 0. The molecule has 0 bridgehead atoms. The lowest BCUT2D eigenvalue weighted by Crippen LogP contribution is -2.39. The molecule has 12 nitrogen and oxygen atoms in total. The molecular weight excluding hydrogens is 414 g/mol. The smallest absolute Gasteiger partial charge is 0.374 e. The Bertz CT molecular complexity index is 844. The van der Waals surface area contributed by atoms with E-state index in [9.17, 15) is 18.7 Å². The molecule has 1 aliphatic rings. The first kappa shape index (κ1) is 21.5. The second kappa shape index (κ2) is 8.09. The van der Waals surface area contributed by atoms with Gasteiger partial charge in [-0.05, 0) is 0 Å². The number of phosphoric ester groups is 1. The Hall–Kier alpha value is -0.750. The summed E-state index contributed by atoms with van der Waals surface area (Å²) < 4.78 is 44.6. The van der Waals surface area contributed by atoms with E-state index in [4.69, 9.17) is 23.8 Å². The van der Waals surface area contributed by atoms with Crippen molar-refractivity contribution in [3.05, 3.63) is 33.1 Å². The standard InChI is InChI=1S/C11H18N2O10P2S/c1-20-9-8(23-24(2,16)26)6(5-21-25(17,18)19)22-10(9)13-4-3-7(14)12-11(13)15/h3-4,6,8-10H,5H2,1-2H3,(H,16,26)(H,12,14,15)(H2,17,18,19). The lowest BCUT2D eigenvalue weighted by atomic mass is 10.1. The summed E-state index contributed by atoms with van der Waals surface area (Å²) in [6.45, 7) is -2.78. The van der Waals surface area contributed by atoms with E-state index in [0.29, 0.717) is 0 Å². The molecule has 2 rings (SSSR count). The van der Waals surface area contributed by atoms with Gasteiger partial charge >= 0.3 is 13.5 Å². The van der Waals surface area contributed by atoms with Crippen LogP contribution in [-0.4, -0.2) is 58.0 Å². The van der Waals surface area contributed by atoms with Crippen LogP contribution in [-0.2, 0) is 27.7 Å². The number of nitrogens with one attached hydrogen (secondary N) is 1. The lowest BCUT2D eigenvalue weighted by Gasteiger charge is -2.24. The third-order valence-electron chi connectivity index (χ3n) is 3.41. The lowest BCUT2D eigenvalue weighted by molar-refractivity contribution is -0.0620. The molecule has 1 aromatic heterocycles. The van der Waals surface area contributed by atoms with Crippen molar-refractivity contribution < 1.29 is 37.4 Å². The summed E-state index contributed by atoms with van der Waals surface area (Å²) in [5.41, 5.74) is -1.42. The van der Waals surface area contributed by atoms with Crippen LogP contribution in [0.1, 0.15) is 6.23 Å². The maximum absolute atomic E-state index is 12.0. The molecule has 1 aromatic rings. The second-order valence-corrected chi connectivity index (χ2v) is 10.7. The highest BCUT2D eigenvalue weighted by atomic mass is 32.7. The minimum atomic E-state index is -4.81. The molecule has 148 valence electrons. The predicted molar refractivity (Wildman–Crippen MR) is 91.4 cm³/mol. The number of hydrogen-bond donors (Lipinski definition) is 4. The zero-order valence-corrected chi connectivity index (χ0v) is 16.3. The number of nitrogens with zero attached hydrogens (tertiary/aromatic N) is 1. The Morgan fingerprint density at radius 3 is 2.50 bits per heavy atom. The van der Waals surface area contributed by atoms with Crippen molar-refractivity contribution >= 4 is 26.6 Å². The number of hydrogen-bond acceptors (Lipinski definition) is 8. The number of aromatic amines is 1. The van der Waals surface area contributed by atoms with Gasteiger partial charge in [0, 0.05) is 26.0 Å². The maximum atomic E-state index is 12.0. The summed E-state index contributed by atoms with van der Waals surface area (Å²) in [6, 6.07) is 1.08. The Kier molecular flexibility index (Phi) is 6.71. The van der Waals surface area contributed by atoms with Crippen LogP contribution in [0.2, 0.25) is 0 Å². The SMILES string of the molecule is COC1C(OP(C)(=O)S)C(COP(=O)(O)O)OC1n1ccc(=O)[nH]c1=O.